The molecule has 0 spiro atoms. The molecule has 23 aromatic carbocycles. The molecule has 0 fully saturated rings. The Labute approximate surface area is 662 Å². The van der Waals surface area contributed by atoms with Crippen molar-refractivity contribution in [3.8, 4) is 89.0 Å². The van der Waals surface area contributed by atoms with Crippen LogP contribution in [-0.2, 0) is 0 Å². The van der Waals surface area contributed by atoms with Gasteiger partial charge in [-0.05, 0) is 236 Å². The zero-order chi connectivity index (χ0) is 75.4. The van der Waals surface area contributed by atoms with Crippen molar-refractivity contribution in [1.82, 2.24) is 0 Å². The van der Waals surface area contributed by atoms with Crippen molar-refractivity contribution in [1.29, 1.82) is 0 Å². The molecule has 23 aromatic rings. The van der Waals surface area contributed by atoms with Crippen LogP contribution >= 0.6 is 0 Å². The molecule has 114 heavy (non-hydrogen) atoms. The maximum absolute atomic E-state index is 2.39. The van der Waals surface area contributed by atoms with E-state index in [1.165, 1.54) is 218 Å². The van der Waals surface area contributed by atoms with Crippen molar-refractivity contribution in [3.05, 3.63) is 449 Å². The van der Waals surface area contributed by atoms with Crippen molar-refractivity contribution in [2.75, 3.05) is 0 Å². The molecule has 0 heteroatoms. The predicted octanol–water partition coefficient (Wildman–Crippen LogP) is 32.2. The fourth-order valence-electron chi connectivity index (χ4n) is 18.4. The zero-order valence-electron chi connectivity index (χ0n) is 62.7. The number of hydrogen-bond donors (Lipinski definition) is 0. The number of hydrogen-bond acceptors (Lipinski definition) is 0. The Morgan fingerprint density at radius 1 is 0.0877 bits per heavy atom. The third kappa shape index (κ3) is 11.8. The Morgan fingerprint density at radius 3 is 0.702 bits per heavy atom. The van der Waals surface area contributed by atoms with Gasteiger partial charge >= 0.3 is 0 Å². The van der Waals surface area contributed by atoms with E-state index in [4.69, 9.17) is 0 Å². The van der Waals surface area contributed by atoms with Crippen LogP contribution in [0.1, 0.15) is 0 Å². The predicted molar refractivity (Wildman–Crippen MR) is 493 cm³/mol. The monoisotopic (exact) mass is 1440 g/mol. The summed E-state index contributed by atoms with van der Waals surface area (Å²) in [6, 6.07) is 164. The quantitative estimate of drug-likeness (QED) is 0.105. The first-order valence-electron chi connectivity index (χ1n) is 39.5. The number of rotatable bonds is 8. The van der Waals surface area contributed by atoms with E-state index in [0.717, 1.165) is 0 Å². The lowest BCUT2D eigenvalue weighted by Gasteiger charge is -2.20. The van der Waals surface area contributed by atoms with Crippen LogP contribution in [0.5, 0.6) is 0 Å². The summed E-state index contributed by atoms with van der Waals surface area (Å²) in [5.41, 5.74) is 20.3. The molecule has 0 saturated carbocycles. The molecule has 0 unspecified atom stereocenters. The van der Waals surface area contributed by atoms with Crippen molar-refractivity contribution in [2.45, 2.75) is 0 Å². The fourth-order valence-corrected chi connectivity index (χ4v) is 18.4. The van der Waals surface area contributed by atoms with Crippen LogP contribution in [0.2, 0.25) is 0 Å². The fraction of sp³-hybridized carbons (Fsp3) is 0. The molecule has 0 amide bonds. The standard InChI is InChI=1S/2C38H24.C38H26/c1-3-15-27-25(12-1)14-11-23-31(27)37-32-19-7-9-21-34(32)38(35-22-10-8-20-33(35)37)36-24-26-13-2-4-16-28(26)29-17-5-6-18-30(29)36;1-2-12-26-23-28(22-21-25(26)11-1)37-32-17-7-9-19-34(32)38(35-20-10-8-18-33(35)37)36-24-27-13-3-4-14-29(27)30-15-5-6-16-31(30)36;1-3-11-27(12-4-1)29-19-23-31(24-20-29)37-33-15-7-9-17-35(33)38(36-18-10-8-16-34(36)37)32-25-21-30(22-26-32)28-13-5-2-6-14-28/h2*1-24H;1-26H. The summed E-state index contributed by atoms with van der Waals surface area (Å²) in [5, 5.41) is 30.8. The topological polar surface area (TPSA) is 0 Å². The summed E-state index contributed by atoms with van der Waals surface area (Å²) in [6.45, 7) is 0. The van der Waals surface area contributed by atoms with Crippen LogP contribution < -0.4 is 0 Å². The van der Waals surface area contributed by atoms with Gasteiger partial charge in [0.2, 0.25) is 0 Å². The first kappa shape index (κ1) is 67.3. The highest BCUT2D eigenvalue weighted by Crippen LogP contribution is 2.51. The Bertz CT molecular complexity index is 7350. The van der Waals surface area contributed by atoms with Gasteiger partial charge in [-0.2, -0.15) is 0 Å². The van der Waals surface area contributed by atoms with Gasteiger partial charge in [0.25, 0.3) is 0 Å². The van der Waals surface area contributed by atoms with Crippen LogP contribution in [0.25, 0.3) is 218 Å². The lowest BCUT2D eigenvalue weighted by atomic mass is 9.83. The molecule has 530 valence electrons. The van der Waals surface area contributed by atoms with Gasteiger partial charge in [0.15, 0.2) is 0 Å². The highest BCUT2D eigenvalue weighted by molar-refractivity contribution is 6.29. The van der Waals surface area contributed by atoms with Gasteiger partial charge in [0.1, 0.15) is 0 Å². The Hall–Kier alpha value is -14.8. The minimum absolute atomic E-state index is 1.23. The third-order valence-electron chi connectivity index (χ3n) is 23.5. The summed E-state index contributed by atoms with van der Waals surface area (Å²) in [7, 11) is 0. The van der Waals surface area contributed by atoms with Gasteiger partial charge in [-0.3, -0.25) is 0 Å². The Morgan fingerprint density at radius 2 is 0.325 bits per heavy atom. The number of benzene rings is 23. The van der Waals surface area contributed by atoms with Gasteiger partial charge in [-0.1, -0.05) is 431 Å². The van der Waals surface area contributed by atoms with E-state index < -0.39 is 0 Å². The van der Waals surface area contributed by atoms with E-state index in [2.05, 4.69) is 449 Å². The molecule has 0 radical (unpaired) electrons. The molecular weight excluding hydrogens is 1370 g/mol. The van der Waals surface area contributed by atoms with Crippen LogP contribution in [0, 0.1) is 0 Å². The third-order valence-corrected chi connectivity index (χ3v) is 23.5. The molecule has 23 rings (SSSR count). The molecule has 0 aliphatic carbocycles. The Kier molecular flexibility index (Phi) is 17.1. The van der Waals surface area contributed by atoms with E-state index in [0.29, 0.717) is 0 Å². The highest BCUT2D eigenvalue weighted by atomic mass is 14.3. The van der Waals surface area contributed by atoms with E-state index in [-0.39, 0.29) is 0 Å². The lowest BCUT2D eigenvalue weighted by molar-refractivity contribution is 1.60. The van der Waals surface area contributed by atoms with Crippen molar-refractivity contribution >= 4 is 129 Å². The van der Waals surface area contributed by atoms with Gasteiger partial charge in [-0.25, -0.2) is 0 Å². The van der Waals surface area contributed by atoms with E-state index >= 15 is 0 Å². The summed E-state index contributed by atoms with van der Waals surface area (Å²) in [5.74, 6) is 0. The van der Waals surface area contributed by atoms with Crippen LogP contribution in [0.3, 0.4) is 0 Å². The largest absolute Gasteiger partial charge is 0.0622 e. The molecule has 0 heterocycles. The van der Waals surface area contributed by atoms with Gasteiger partial charge in [0.05, 0.1) is 0 Å². The van der Waals surface area contributed by atoms with Gasteiger partial charge < -0.3 is 0 Å². The molecule has 0 bridgehead atoms. The van der Waals surface area contributed by atoms with E-state index in [1.807, 2.05) is 0 Å². The number of fused-ring (bicyclic) bond motifs is 14. The second kappa shape index (κ2) is 28.9. The Balaban J connectivity index is 0.000000107. The maximum atomic E-state index is 2.39. The summed E-state index contributed by atoms with van der Waals surface area (Å²) in [6.07, 6.45) is 0. The minimum Gasteiger partial charge on any atom is -0.0622 e. The van der Waals surface area contributed by atoms with Crippen molar-refractivity contribution < 1.29 is 0 Å². The normalized spacial score (nSPS) is 11.5. The van der Waals surface area contributed by atoms with Crippen molar-refractivity contribution in [3.63, 3.8) is 0 Å². The molecule has 0 nitrogen and oxygen atoms in total. The minimum atomic E-state index is 1.23. The second-order valence-electron chi connectivity index (χ2n) is 29.9. The average Bonchev–Trinajstić information content (AvgIpc) is 0.732. The van der Waals surface area contributed by atoms with Crippen molar-refractivity contribution in [2.24, 2.45) is 0 Å². The van der Waals surface area contributed by atoms with Crippen LogP contribution in [0.4, 0.5) is 0 Å². The molecular formula is C114H74. The average molecular weight is 1440 g/mol. The summed E-state index contributed by atoms with van der Waals surface area (Å²) >= 11 is 0. The molecule has 0 atom stereocenters. The highest BCUT2D eigenvalue weighted by Gasteiger charge is 2.23. The van der Waals surface area contributed by atoms with Crippen LogP contribution in [0.15, 0.2) is 449 Å². The van der Waals surface area contributed by atoms with Gasteiger partial charge in [0, 0.05) is 0 Å². The SMILES string of the molecule is c1ccc(-c2ccc(-c3c4ccccc4c(-c4ccc(-c5ccccc5)cc4)c4ccccc34)cc2)cc1.c1ccc2c(-c3c4ccccc4c(-c4cc5ccccc5c5ccccc45)c4ccccc34)cccc2c1.c1ccc2cc(-c3c4ccccc4c(-c4cc5ccccc5c5ccccc45)c4ccccc34)ccc2c1. The lowest BCUT2D eigenvalue weighted by Crippen LogP contribution is -1.92. The first-order valence-corrected chi connectivity index (χ1v) is 39.5. The molecule has 0 aromatic heterocycles. The maximum Gasteiger partial charge on any atom is -0.00199 e. The van der Waals surface area contributed by atoms with E-state index in [1.54, 1.807) is 0 Å². The van der Waals surface area contributed by atoms with E-state index in [9.17, 15) is 0 Å². The molecule has 0 aliphatic rings. The molecule has 0 aliphatic heterocycles. The summed E-state index contributed by atoms with van der Waals surface area (Å²) < 4.78 is 0. The van der Waals surface area contributed by atoms with Crippen LogP contribution in [-0.4, -0.2) is 0 Å². The smallest absolute Gasteiger partial charge is 0.00199 e. The molecule has 0 N–H and O–H groups in total. The molecule has 0 saturated heterocycles. The van der Waals surface area contributed by atoms with Gasteiger partial charge in [-0.15, -0.1) is 0 Å². The second-order valence-corrected chi connectivity index (χ2v) is 29.9. The zero-order valence-corrected chi connectivity index (χ0v) is 62.7. The first-order chi connectivity index (χ1) is 56.6. The summed E-state index contributed by atoms with van der Waals surface area (Å²) in [4.78, 5) is 0.